The summed E-state index contributed by atoms with van der Waals surface area (Å²) in [5, 5.41) is 8.86. The number of benzene rings is 2. The van der Waals surface area contributed by atoms with Crippen LogP contribution < -0.4 is 4.80 Å². The molecule has 3 nitrogen and oxygen atoms in total. The van der Waals surface area contributed by atoms with Crippen molar-refractivity contribution in [3.05, 3.63) is 87.9 Å². The summed E-state index contributed by atoms with van der Waals surface area (Å²) in [6.45, 7) is 0. The van der Waals surface area contributed by atoms with Crippen LogP contribution in [-0.4, -0.2) is 17.9 Å². The molecule has 0 aliphatic heterocycles. The molecule has 0 aliphatic rings. The van der Waals surface area contributed by atoms with Gasteiger partial charge in [-0.15, -0.1) is 22.7 Å². The molecule has 0 radical (unpaired) electrons. The number of aromatic nitrogens is 1. The molecule has 0 saturated carbocycles. The van der Waals surface area contributed by atoms with Gasteiger partial charge in [-0.1, -0.05) is 60.7 Å². The maximum Gasteiger partial charge on any atom is 0.205 e. The smallest absolute Gasteiger partial charge is 0.205 e. The number of rotatable bonds is 4. The van der Waals surface area contributed by atoms with Gasteiger partial charge in [0.2, 0.25) is 4.80 Å². The van der Waals surface area contributed by atoms with Crippen LogP contribution in [0.2, 0.25) is 0 Å². The van der Waals surface area contributed by atoms with Crippen LogP contribution in [0, 0.1) is 0 Å². The molecule has 4 aromatic rings. The minimum Gasteiger partial charge on any atom is -0.261 e. The van der Waals surface area contributed by atoms with Crippen LogP contribution in [0.25, 0.3) is 21.7 Å². The molecule has 0 spiro atoms. The second kappa shape index (κ2) is 7.64. The zero-order valence-corrected chi connectivity index (χ0v) is 15.9. The highest BCUT2D eigenvalue weighted by Crippen LogP contribution is 2.25. The van der Waals surface area contributed by atoms with Gasteiger partial charge in [-0.2, -0.15) is 5.10 Å². The van der Waals surface area contributed by atoms with E-state index in [-0.39, 0.29) is 0 Å². The van der Waals surface area contributed by atoms with Crippen molar-refractivity contribution in [2.45, 2.75) is 0 Å². The van der Waals surface area contributed by atoms with E-state index in [0.717, 1.165) is 16.1 Å². The van der Waals surface area contributed by atoms with Crippen LogP contribution in [0.3, 0.4) is 0 Å². The maximum atomic E-state index is 4.68. The van der Waals surface area contributed by atoms with Crippen LogP contribution in [0.15, 0.2) is 87.6 Å². The van der Waals surface area contributed by atoms with Gasteiger partial charge in [-0.05, 0) is 28.1 Å². The Morgan fingerprint density at radius 3 is 2.31 bits per heavy atom. The van der Waals surface area contributed by atoms with Gasteiger partial charge >= 0.3 is 0 Å². The van der Waals surface area contributed by atoms with Crippen LogP contribution in [0.5, 0.6) is 0 Å². The van der Waals surface area contributed by atoms with E-state index in [4.69, 9.17) is 0 Å². The first-order chi connectivity index (χ1) is 12.8. The van der Waals surface area contributed by atoms with E-state index in [1.54, 1.807) is 29.7 Å². The summed E-state index contributed by atoms with van der Waals surface area (Å²) in [5.74, 6) is 0. The molecule has 0 unspecified atom stereocenters. The Morgan fingerprint density at radius 2 is 1.62 bits per heavy atom. The third kappa shape index (κ3) is 3.45. The van der Waals surface area contributed by atoms with Gasteiger partial charge in [0.15, 0.2) is 0 Å². The van der Waals surface area contributed by atoms with E-state index in [0.29, 0.717) is 0 Å². The summed E-state index contributed by atoms with van der Waals surface area (Å²) in [6.07, 6.45) is 1.88. The summed E-state index contributed by atoms with van der Waals surface area (Å²) < 4.78 is 1.90. The predicted octanol–water partition coefficient (Wildman–Crippen LogP) is 5.36. The minimum absolute atomic E-state index is 0.880. The fourth-order valence-electron chi connectivity index (χ4n) is 2.67. The monoisotopic (exact) mass is 375 g/mol. The molecule has 26 heavy (non-hydrogen) atoms. The average molecular weight is 376 g/mol. The van der Waals surface area contributed by atoms with Crippen molar-refractivity contribution in [2.75, 3.05) is 7.05 Å². The molecule has 0 atom stereocenters. The Labute approximate surface area is 160 Å². The molecule has 4 rings (SSSR count). The number of thiophene rings is 1. The van der Waals surface area contributed by atoms with Crippen LogP contribution >= 0.6 is 22.7 Å². The maximum absolute atomic E-state index is 4.68. The molecule has 128 valence electrons. The van der Waals surface area contributed by atoms with Gasteiger partial charge in [0.05, 0.1) is 16.8 Å². The first-order valence-electron chi connectivity index (χ1n) is 8.22. The van der Waals surface area contributed by atoms with Gasteiger partial charge in [-0.3, -0.25) is 4.99 Å². The molecular formula is C21H17N3S2. The molecule has 0 saturated heterocycles. The summed E-state index contributed by atoms with van der Waals surface area (Å²) in [7, 11) is 1.80. The lowest BCUT2D eigenvalue weighted by molar-refractivity contribution is 0.850. The zero-order valence-electron chi connectivity index (χ0n) is 14.2. The molecule has 0 amide bonds. The molecule has 5 heteroatoms. The summed E-state index contributed by atoms with van der Waals surface area (Å²) in [5.41, 5.74) is 4.55. The predicted molar refractivity (Wildman–Crippen MR) is 112 cm³/mol. The molecule has 2 aromatic heterocycles. The number of thiazole rings is 1. The van der Waals surface area contributed by atoms with E-state index in [2.05, 4.69) is 81.5 Å². The second-order valence-corrected chi connectivity index (χ2v) is 7.43. The lowest BCUT2D eigenvalue weighted by Gasteiger charge is -2.03. The normalized spacial score (nSPS) is 12.1. The van der Waals surface area contributed by atoms with Crippen molar-refractivity contribution in [2.24, 2.45) is 10.1 Å². The third-order valence-electron chi connectivity index (χ3n) is 3.99. The Bertz CT molecular complexity index is 1070. The molecular weight excluding hydrogens is 358 g/mol. The first kappa shape index (κ1) is 16.7. The quantitative estimate of drug-likeness (QED) is 0.430. The van der Waals surface area contributed by atoms with E-state index < -0.39 is 0 Å². The standard InChI is InChI=1S/C21H17N3S2/c1-22-21-24(19(15-26-21)20-8-5-13-25-20)23-14-16-9-11-18(12-10-16)17-6-3-2-4-7-17/h2-15H,1H3. The molecule has 2 aromatic carbocycles. The van der Waals surface area contributed by atoms with E-state index in [9.17, 15) is 0 Å². The Hall–Kier alpha value is -2.76. The number of nitrogens with zero attached hydrogens (tertiary/aromatic N) is 3. The summed E-state index contributed by atoms with van der Waals surface area (Å²) in [4.78, 5) is 6.41. The Morgan fingerprint density at radius 1 is 0.846 bits per heavy atom. The molecule has 0 aliphatic carbocycles. The van der Waals surface area contributed by atoms with Crippen molar-refractivity contribution >= 4 is 28.9 Å². The number of hydrogen-bond acceptors (Lipinski definition) is 4. The van der Waals surface area contributed by atoms with Crippen LogP contribution in [0.4, 0.5) is 0 Å². The van der Waals surface area contributed by atoms with Crippen molar-refractivity contribution < 1.29 is 0 Å². The Balaban J connectivity index is 1.64. The van der Waals surface area contributed by atoms with Gasteiger partial charge in [0.1, 0.15) is 0 Å². The largest absolute Gasteiger partial charge is 0.261 e. The highest BCUT2D eigenvalue weighted by molar-refractivity contribution is 7.14. The lowest BCUT2D eigenvalue weighted by atomic mass is 10.0. The summed E-state index contributed by atoms with van der Waals surface area (Å²) in [6, 6.07) is 23.0. The van der Waals surface area contributed by atoms with Crippen molar-refractivity contribution in [3.8, 4) is 21.7 Å². The lowest BCUT2D eigenvalue weighted by Crippen LogP contribution is -2.11. The first-order valence-corrected chi connectivity index (χ1v) is 9.98. The van der Waals surface area contributed by atoms with Gasteiger partial charge in [0.25, 0.3) is 0 Å². The van der Waals surface area contributed by atoms with Crippen LogP contribution in [0.1, 0.15) is 5.56 Å². The minimum atomic E-state index is 0.880. The highest BCUT2D eigenvalue weighted by atomic mass is 32.1. The van der Waals surface area contributed by atoms with E-state index >= 15 is 0 Å². The highest BCUT2D eigenvalue weighted by Gasteiger charge is 2.07. The molecule has 0 N–H and O–H groups in total. The summed E-state index contributed by atoms with van der Waals surface area (Å²) >= 11 is 3.30. The van der Waals surface area contributed by atoms with E-state index in [1.807, 2.05) is 17.0 Å². The molecule has 0 bridgehead atoms. The third-order valence-corrected chi connectivity index (χ3v) is 5.79. The second-order valence-electron chi connectivity index (χ2n) is 5.65. The fraction of sp³-hybridized carbons (Fsp3) is 0.0476. The van der Waals surface area contributed by atoms with Crippen molar-refractivity contribution in [1.29, 1.82) is 0 Å². The van der Waals surface area contributed by atoms with Crippen molar-refractivity contribution in [1.82, 2.24) is 4.68 Å². The van der Waals surface area contributed by atoms with Crippen molar-refractivity contribution in [3.63, 3.8) is 0 Å². The van der Waals surface area contributed by atoms with Gasteiger partial charge in [-0.25, -0.2) is 4.68 Å². The van der Waals surface area contributed by atoms with E-state index in [1.165, 1.54) is 16.0 Å². The topological polar surface area (TPSA) is 29.6 Å². The van der Waals surface area contributed by atoms with Gasteiger partial charge in [0, 0.05) is 12.4 Å². The zero-order chi connectivity index (χ0) is 17.8. The molecule has 2 heterocycles. The van der Waals surface area contributed by atoms with Gasteiger partial charge < -0.3 is 0 Å². The fourth-order valence-corrected chi connectivity index (χ4v) is 4.27. The number of hydrogen-bond donors (Lipinski definition) is 0. The SMILES string of the molecule is CN=c1scc(-c2cccs2)n1N=Cc1ccc(-c2ccccc2)cc1. The average Bonchev–Trinajstić information content (AvgIpc) is 3.36. The van der Waals surface area contributed by atoms with Crippen LogP contribution in [-0.2, 0) is 0 Å². The molecule has 0 fully saturated rings. The Kier molecular flexibility index (Phi) is 4.91.